The average Bonchev–Trinajstić information content (AvgIpc) is 2.75. The van der Waals surface area contributed by atoms with E-state index in [-0.39, 0.29) is 0 Å². The lowest BCUT2D eigenvalue weighted by atomic mass is 10.1. The first-order valence-corrected chi connectivity index (χ1v) is 9.17. The van der Waals surface area contributed by atoms with Gasteiger partial charge < -0.3 is 9.47 Å². The summed E-state index contributed by atoms with van der Waals surface area (Å²) in [5, 5.41) is 1.43. The fraction of sp³-hybridized carbons (Fsp3) is 0.304. The normalized spacial score (nSPS) is 15.6. The molecule has 3 aromatic rings. The van der Waals surface area contributed by atoms with Crippen LogP contribution in [0, 0.1) is 13.8 Å². The number of likely N-dealkylation sites (N-methyl/N-ethyl adjacent to an activating group) is 1. The largest absolute Gasteiger partial charge is 0.320 e. The zero-order valence-electron chi connectivity index (χ0n) is 15.4. The number of nitrogens with zero attached hydrogens (tertiary/aromatic N) is 2. The Hall–Kier alpha value is -2.32. The molecule has 4 rings (SSSR count). The molecule has 0 spiro atoms. The predicted molar refractivity (Wildman–Crippen MR) is 108 cm³/mol. The van der Waals surface area contributed by atoms with Gasteiger partial charge >= 0.3 is 0 Å². The average molecular weight is 330 g/mol. The number of fused-ring (bicyclic) bond motifs is 3. The van der Waals surface area contributed by atoms with Gasteiger partial charge in [0.2, 0.25) is 0 Å². The molecule has 1 aliphatic heterocycles. The topological polar surface area (TPSA) is 8.17 Å². The summed E-state index contributed by atoms with van der Waals surface area (Å²) in [6.07, 6.45) is 6.73. The second-order valence-corrected chi connectivity index (χ2v) is 7.35. The van der Waals surface area contributed by atoms with E-state index >= 15 is 0 Å². The van der Waals surface area contributed by atoms with E-state index in [0.717, 1.165) is 25.9 Å². The van der Waals surface area contributed by atoms with Crippen LogP contribution >= 0.6 is 0 Å². The van der Waals surface area contributed by atoms with Crippen molar-refractivity contribution in [1.82, 2.24) is 9.47 Å². The third-order valence-corrected chi connectivity index (χ3v) is 5.34. The van der Waals surface area contributed by atoms with E-state index in [4.69, 9.17) is 0 Å². The third-order valence-electron chi connectivity index (χ3n) is 5.34. The van der Waals surface area contributed by atoms with Crippen LogP contribution in [0.25, 0.3) is 23.2 Å². The molecule has 0 radical (unpaired) electrons. The zero-order chi connectivity index (χ0) is 17.4. The molecule has 0 bridgehead atoms. The minimum Gasteiger partial charge on any atom is -0.320 e. The molecule has 1 aliphatic rings. The fourth-order valence-corrected chi connectivity index (χ4v) is 3.82. The highest BCUT2D eigenvalue weighted by atomic mass is 15.1. The quantitative estimate of drug-likeness (QED) is 0.648. The summed E-state index contributed by atoms with van der Waals surface area (Å²) < 4.78 is 2.42. The van der Waals surface area contributed by atoms with Crippen molar-refractivity contribution in [3.63, 3.8) is 0 Å². The molecule has 0 unspecified atom stereocenters. The van der Waals surface area contributed by atoms with Crippen LogP contribution < -0.4 is 0 Å². The number of aromatic nitrogens is 1. The van der Waals surface area contributed by atoms with E-state index in [1.165, 1.54) is 38.9 Å². The summed E-state index contributed by atoms with van der Waals surface area (Å²) in [7, 11) is 2.23. The Kier molecular flexibility index (Phi) is 4.22. The van der Waals surface area contributed by atoms with Crippen molar-refractivity contribution < 1.29 is 0 Å². The highest BCUT2D eigenvalue weighted by molar-refractivity contribution is 5.89. The molecule has 128 valence electrons. The summed E-state index contributed by atoms with van der Waals surface area (Å²) >= 11 is 0. The SMILES string of the molecule is Cc1ccc(C=Cn2c3c(c4cc(C)ccc42)CCN(C)CC3)cc1. The molecular formula is C23H26N2. The first-order valence-electron chi connectivity index (χ1n) is 9.17. The van der Waals surface area contributed by atoms with Gasteiger partial charge in [0.05, 0.1) is 5.52 Å². The van der Waals surface area contributed by atoms with E-state index in [9.17, 15) is 0 Å². The number of aryl methyl sites for hydroxylation is 2. The zero-order valence-corrected chi connectivity index (χ0v) is 15.4. The Balaban J connectivity index is 1.83. The van der Waals surface area contributed by atoms with Crippen molar-refractivity contribution in [2.24, 2.45) is 0 Å². The van der Waals surface area contributed by atoms with Gasteiger partial charge in [0.15, 0.2) is 0 Å². The molecule has 0 saturated heterocycles. The minimum atomic E-state index is 1.11. The van der Waals surface area contributed by atoms with Crippen LogP contribution in [0.3, 0.4) is 0 Å². The lowest BCUT2D eigenvalue weighted by molar-refractivity contribution is 0.351. The molecule has 2 aromatic carbocycles. The minimum absolute atomic E-state index is 1.11. The van der Waals surface area contributed by atoms with Gasteiger partial charge in [0, 0.05) is 36.8 Å². The highest BCUT2D eigenvalue weighted by Gasteiger charge is 2.19. The maximum Gasteiger partial charge on any atom is 0.0528 e. The van der Waals surface area contributed by atoms with E-state index in [0.29, 0.717) is 0 Å². The molecule has 0 fully saturated rings. The van der Waals surface area contributed by atoms with Crippen molar-refractivity contribution in [2.45, 2.75) is 26.7 Å². The summed E-state index contributed by atoms with van der Waals surface area (Å²) in [5.41, 5.74) is 8.25. The molecule has 2 nitrogen and oxygen atoms in total. The van der Waals surface area contributed by atoms with Gasteiger partial charge in [-0.1, -0.05) is 41.5 Å². The maximum absolute atomic E-state index is 2.44. The lowest BCUT2D eigenvalue weighted by Crippen LogP contribution is -2.21. The standard InChI is InChI=1S/C23H26N2/c1-17-4-7-19(8-5-17)10-15-25-22-9-6-18(2)16-21(22)20-11-13-24(3)14-12-23(20)25/h4-10,15-16H,11-14H2,1-3H3. The first kappa shape index (κ1) is 16.2. The number of hydrogen-bond donors (Lipinski definition) is 0. The van der Waals surface area contributed by atoms with Crippen LogP contribution in [0.4, 0.5) is 0 Å². The Labute approximate surface area is 150 Å². The fourth-order valence-electron chi connectivity index (χ4n) is 3.82. The van der Waals surface area contributed by atoms with Gasteiger partial charge in [-0.2, -0.15) is 0 Å². The highest BCUT2D eigenvalue weighted by Crippen LogP contribution is 2.30. The molecule has 25 heavy (non-hydrogen) atoms. The maximum atomic E-state index is 2.44. The lowest BCUT2D eigenvalue weighted by Gasteiger charge is -2.12. The molecule has 0 N–H and O–H groups in total. The second kappa shape index (κ2) is 6.53. The third kappa shape index (κ3) is 3.14. The van der Waals surface area contributed by atoms with Gasteiger partial charge in [-0.25, -0.2) is 0 Å². The Morgan fingerprint density at radius 2 is 1.60 bits per heavy atom. The Morgan fingerprint density at radius 3 is 2.40 bits per heavy atom. The van der Waals surface area contributed by atoms with Crippen LogP contribution in [-0.4, -0.2) is 29.6 Å². The number of hydrogen-bond acceptors (Lipinski definition) is 1. The van der Waals surface area contributed by atoms with Crippen molar-refractivity contribution in [1.29, 1.82) is 0 Å². The van der Waals surface area contributed by atoms with Crippen molar-refractivity contribution in [3.8, 4) is 0 Å². The van der Waals surface area contributed by atoms with Crippen LogP contribution in [0.5, 0.6) is 0 Å². The summed E-state index contributed by atoms with van der Waals surface area (Å²) in [5.74, 6) is 0. The first-order chi connectivity index (χ1) is 12.1. The Morgan fingerprint density at radius 1 is 0.880 bits per heavy atom. The summed E-state index contributed by atoms with van der Waals surface area (Å²) in [6, 6.07) is 15.6. The van der Waals surface area contributed by atoms with Crippen LogP contribution in [0.1, 0.15) is 27.9 Å². The molecule has 0 aliphatic carbocycles. The second-order valence-electron chi connectivity index (χ2n) is 7.35. The number of rotatable bonds is 2. The van der Waals surface area contributed by atoms with E-state index in [2.05, 4.69) is 85.1 Å². The predicted octanol–water partition coefficient (Wildman–Crippen LogP) is 4.92. The van der Waals surface area contributed by atoms with Gasteiger partial charge in [0.25, 0.3) is 0 Å². The van der Waals surface area contributed by atoms with Gasteiger partial charge in [-0.05, 0) is 56.7 Å². The summed E-state index contributed by atoms with van der Waals surface area (Å²) in [6.45, 7) is 6.59. The van der Waals surface area contributed by atoms with E-state index in [1.54, 1.807) is 0 Å². The molecule has 1 aromatic heterocycles. The molecule has 0 amide bonds. The monoisotopic (exact) mass is 330 g/mol. The number of benzene rings is 2. The molecule has 0 saturated carbocycles. The van der Waals surface area contributed by atoms with Gasteiger partial charge in [0.1, 0.15) is 0 Å². The van der Waals surface area contributed by atoms with Gasteiger partial charge in [-0.15, -0.1) is 0 Å². The molecule has 0 atom stereocenters. The molecular weight excluding hydrogens is 304 g/mol. The van der Waals surface area contributed by atoms with Crippen molar-refractivity contribution >= 4 is 23.2 Å². The Bertz CT molecular complexity index is 929. The van der Waals surface area contributed by atoms with E-state index in [1.807, 2.05) is 0 Å². The van der Waals surface area contributed by atoms with Crippen molar-refractivity contribution in [3.05, 3.63) is 70.4 Å². The van der Waals surface area contributed by atoms with Crippen LogP contribution in [0.2, 0.25) is 0 Å². The molecule has 2 heteroatoms. The van der Waals surface area contributed by atoms with Crippen LogP contribution in [0.15, 0.2) is 42.5 Å². The smallest absolute Gasteiger partial charge is 0.0528 e. The van der Waals surface area contributed by atoms with Gasteiger partial charge in [-0.3, -0.25) is 0 Å². The molecule has 2 heterocycles. The summed E-state index contributed by atoms with van der Waals surface area (Å²) in [4.78, 5) is 2.44. The van der Waals surface area contributed by atoms with E-state index < -0.39 is 0 Å². The van der Waals surface area contributed by atoms with Crippen molar-refractivity contribution in [2.75, 3.05) is 20.1 Å². The van der Waals surface area contributed by atoms with Crippen LogP contribution in [-0.2, 0) is 12.8 Å².